The summed E-state index contributed by atoms with van der Waals surface area (Å²) in [5.41, 5.74) is 6.75. The Morgan fingerprint density at radius 3 is 2.58 bits per heavy atom. The van der Waals surface area contributed by atoms with E-state index in [1.165, 1.54) is 0 Å². The molecule has 1 aromatic rings. The molecule has 0 aliphatic carbocycles. The fraction of sp³-hybridized carbons (Fsp3) is 0.429. The molecule has 1 aromatic carbocycles. The van der Waals surface area contributed by atoms with Gasteiger partial charge in [0.25, 0.3) is 0 Å². The second-order valence-corrected chi connectivity index (χ2v) is 4.93. The van der Waals surface area contributed by atoms with Crippen LogP contribution in [-0.2, 0) is 11.3 Å². The third kappa shape index (κ3) is 3.54. The summed E-state index contributed by atoms with van der Waals surface area (Å²) >= 11 is 0. The number of carbonyl (C=O) groups excluding carboxylic acids is 1. The predicted molar refractivity (Wildman–Crippen MR) is 70.6 cm³/mol. The molecule has 19 heavy (non-hydrogen) atoms. The van der Waals surface area contributed by atoms with Gasteiger partial charge in [0, 0.05) is 18.2 Å². The lowest BCUT2D eigenvalue weighted by molar-refractivity contribution is -0.138. The minimum absolute atomic E-state index is 0.119. The fourth-order valence-electron chi connectivity index (χ4n) is 2.54. The summed E-state index contributed by atoms with van der Waals surface area (Å²) in [5.74, 6) is -1.18. The Hall–Kier alpha value is -1.88. The summed E-state index contributed by atoms with van der Waals surface area (Å²) < 4.78 is 0. The minimum Gasteiger partial charge on any atom is -0.481 e. The molecule has 0 saturated carbocycles. The maximum Gasteiger partial charge on any atom is 0.304 e. The standard InChI is InChI=1S/C14H18N2O3/c15-14(19)11-5-3-10(4-6-11)9-16-7-1-2-12(16)8-13(17)18/h3-6,12H,1-2,7-9H2,(H2,15,19)(H,17,18). The number of carboxylic acids is 1. The quantitative estimate of drug-likeness (QED) is 0.835. The van der Waals surface area contributed by atoms with Gasteiger partial charge < -0.3 is 10.8 Å². The van der Waals surface area contributed by atoms with Crippen LogP contribution in [0.5, 0.6) is 0 Å². The normalized spacial score (nSPS) is 19.5. The third-order valence-corrected chi connectivity index (χ3v) is 3.53. The molecule has 0 radical (unpaired) electrons. The van der Waals surface area contributed by atoms with Crippen LogP contribution in [0, 0.1) is 0 Å². The maximum absolute atomic E-state index is 11.0. The van der Waals surface area contributed by atoms with Gasteiger partial charge >= 0.3 is 5.97 Å². The Morgan fingerprint density at radius 1 is 1.32 bits per heavy atom. The molecule has 1 amide bonds. The van der Waals surface area contributed by atoms with E-state index in [2.05, 4.69) is 4.90 Å². The first-order valence-corrected chi connectivity index (χ1v) is 6.41. The van der Waals surface area contributed by atoms with Crippen LogP contribution in [0.25, 0.3) is 0 Å². The van der Waals surface area contributed by atoms with Gasteiger partial charge in [-0.2, -0.15) is 0 Å². The Kier molecular flexibility index (Phi) is 4.16. The summed E-state index contributed by atoms with van der Waals surface area (Å²) in [6, 6.07) is 7.28. The van der Waals surface area contributed by atoms with Crippen LogP contribution in [0.3, 0.4) is 0 Å². The van der Waals surface area contributed by atoms with E-state index >= 15 is 0 Å². The molecule has 5 heteroatoms. The van der Waals surface area contributed by atoms with Crippen molar-refractivity contribution in [2.75, 3.05) is 6.54 Å². The zero-order chi connectivity index (χ0) is 13.8. The molecule has 0 aromatic heterocycles. The van der Waals surface area contributed by atoms with Gasteiger partial charge in [-0.1, -0.05) is 12.1 Å². The van der Waals surface area contributed by atoms with Gasteiger partial charge in [0.1, 0.15) is 0 Å². The van der Waals surface area contributed by atoms with Crippen LogP contribution >= 0.6 is 0 Å². The van der Waals surface area contributed by atoms with Crippen LogP contribution < -0.4 is 5.73 Å². The molecule has 1 aliphatic rings. The largest absolute Gasteiger partial charge is 0.481 e. The number of primary amides is 1. The van der Waals surface area contributed by atoms with E-state index < -0.39 is 11.9 Å². The smallest absolute Gasteiger partial charge is 0.304 e. The van der Waals surface area contributed by atoms with Crippen molar-refractivity contribution in [3.8, 4) is 0 Å². The van der Waals surface area contributed by atoms with Gasteiger partial charge in [0.05, 0.1) is 6.42 Å². The molecule has 1 unspecified atom stereocenters. The predicted octanol–water partition coefficient (Wildman–Crippen LogP) is 1.22. The molecule has 0 spiro atoms. The molecule has 2 rings (SSSR count). The molecule has 1 aliphatic heterocycles. The van der Waals surface area contributed by atoms with Gasteiger partial charge in [-0.25, -0.2) is 0 Å². The second-order valence-electron chi connectivity index (χ2n) is 4.93. The SMILES string of the molecule is NC(=O)c1ccc(CN2CCCC2CC(=O)O)cc1. The Morgan fingerprint density at radius 2 is 2.00 bits per heavy atom. The van der Waals surface area contributed by atoms with E-state index in [0.717, 1.165) is 31.5 Å². The number of amides is 1. The average Bonchev–Trinajstić information content (AvgIpc) is 2.76. The second kappa shape index (κ2) is 5.84. The molecule has 1 fully saturated rings. The molecule has 1 saturated heterocycles. The first kappa shape index (κ1) is 13.5. The van der Waals surface area contributed by atoms with Crippen molar-refractivity contribution in [2.24, 2.45) is 5.73 Å². The summed E-state index contributed by atoms with van der Waals surface area (Å²) in [6.45, 7) is 1.65. The Balaban J connectivity index is 1.99. The highest BCUT2D eigenvalue weighted by Gasteiger charge is 2.26. The number of carboxylic acid groups (broad SMARTS) is 1. The highest BCUT2D eigenvalue weighted by Crippen LogP contribution is 2.22. The van der Waals surface area contributed by atoms with Crippen LogP contribution in [0.2, 0.25) is 0 Å². The van der Waals surface area contributed by atoms with Crippen LogP contribution in [0.1, 0.15) is 35.2 Å². The number of carbonyl (C=O) groups is 2. The van der Waals surface area contributed by atoms with E-state index in [9.17, 15) is 9.59 Å². The summed E-state index contributed by atoms with van der Waals surface area (Å²) in [5, 5.41) is 8.88. The van der Waals surface area contributed by atoms with Crippen molar-refractivity contribution >= 4 is 11.9 Å². The lowest BCUT2D eigenvalue weighted by Gasteiger charge is -2.23. The molecular formula is C14H18N2O3. The molecule has 1 atom stereocenters. The van der Waals surface area contributed by atoms with Crippen LogP contribution in [0.4, 0.5) is 0 Å². The van der Waals surface area contributed by atoms with Crippen molar-refractivity contribution in [1.82, 2.24) is 4.90 Å². The zero-order valence-electron chi connectivity index (χ0n) is 10.7. The monoisotopic (exact) mass is 262 g/mol. The first-order valence-electron chi connectivity index (χ1n) is 6.41. The van der Waals surface area contributed by atoms with Gasteiger partial charge in [-0.15, -0.1) is 0 Å². The Bertz CT molecular complexity index is 470. The van der Waals surface area contributed by atoms with Crippen molar-refractivity contribution in [1.29, 1.82) is 0 Å². The lowest BCUT2D eigenvalue weighted by Crippen LogP contribution is -2.30. The van der Waals surface area contributed by atoms with E-state index in [1.54, 1.807) is 12.1 Å². The van der Waals surface area contributed by atoms with Gasteiger partial charge in [-0.05, 0) is 37.1 Å². The highest BCUT2D eigenvalue weighted by atomic mass is 16.4. The Labute approximate surface area is 112 Å². The van der Waals surface area contributed by atoms with Crippen LogP contribution in [0.15, 0.2) is 24.3 Å². The van der Waals surface area contributed by atoms with Gasteiger partial charge in [0.15, 0.2) is 0 Å². The highest BCUT2D eigenvalue weighted by molar-refractivity contribution is 5.92. The van der Waals surface area contributed by atoms with E-state index in [0.29, 0.717) is 5.56 Å². The van der Waals surface area contributed by atoms with E-state index in [-0.39, 0.29) is 12.5 Å². The number of benzene rings is 1. The maximum atomic E-state index is 11.0. The summed E-state index contributed by atoms with van der Waals surface area (Å²) in [6.07, 6.45) is 2.17. The lowest BCUT2D eigenvalue weighted by atomic mass is 10.1. The van der Waals surface area contributed by atoms with Gasteiger partial charge in [-0.3, -0.25) is 14.5 Å². The molecule has 5 nitrogen and oxygen atoms in total. The van der Waals surface area contributed by atoms with E-state index in [1.807, 2.05) is 12.1 Å². The number of hydrogen-bond donors (Lipinski definition) is 2. The third-order valence-electron chi connectivity index (χ3n) is 3.53. The molecule has 1 heterocycles. The number of rotatable bonds is 5. The molecule has 102 valence electrons. The molecular weight excluding hydrogens is 244 g/mol. The molecule has 3 N–H and O–H groups in total. The number of likely N-dealkylation sites (tertiary alicyclic amines) is 1. The minimum atomic E-state index is -0.749. The number of hydrogen-bond acceptors (Lipinski definition) is 3. The van der Waals surface area contributed by atoms with E-state index in [4.69, 9.17) is 10.8 Å². The number of nitrogens with two attached hydrogens (primary N) is 1. The molecule has 0 bridgehead atoms. The topological polar surface area (TPSA) is 83.6 Å². The average molecular weight is 262 g/mol. The fourth-order valence-corrected chi connectivity index (χ4v) is 2.54. The van der Waals surface area contributed by atoms with Crippen molar-refractivity contribution in [2.45, 2.75) is 31.8 Å². The zero-order valence-corrected chi connectivity index (χ0v) is 10.7. The van der Waals surface area contributed by atoms with Crippen molar-refractivity contribution < 1.29 is 14.7 Å². The number of aliphatic carboxylic acids is 1. The first-order chi connectivity index (χ1) is 9.06. The van der Waals surface area contributed by atoms with Crippen LogP contribution in [-0.4, -0.2) is 34.5 Å². The number of nitrogens with zero attached hydrogens (tertiary/aromatic N) is 1. The summed E-state index contributed by atoms with van der Waals surface area (Å²) in [4.78, 5) is 24.0. The van der Waals surface area contributed by atoms with Gasteiger partial charge in [0.2, 0.25) is 5.91 Å². The van der Waals surface area contributed by atoms with Crippen molar-refractivity contribution in [3.05, 3.63) is 35.4 Å². The summed E-state index contributed by atoms with van der Waals surface area (Å²) in [7, 11) is 0. The van der Waals surface area contributed by atoms with Crippen molar-refractivity contribution in [3.63, 3.8) is 0 Å².